The summed E-state index contributed by atoms with van der Waals surface area (Å²) in [6, 6.07) is 6.36. The highest BCUT2D eigenvalue weighted by Gasteiger charge is 2.07. The molecule has 102 valence electrons. The largest absolute Gasteiger partial charge is 0.312 e. The van der Waals surface area contributed by atoms with Crippen molar-refractivity contribution in [2.24, 2.45) is 5.92 Å². The predicted molar refractivity (Wildman–Crippen MR) is 84.7 cm³/mol. The van der Waals surface area contributed by atoms with Gasteiger partial charge in [-0.3, -0.25) is 0 Å². The molecule has 0 spiro atoms. The van der Waals surface area contributed by atoms with Gasteiger partial charge in [-0.1, -0.05) is 41.5 Å². The molecule has 0 atom stereocenters. The normalized spacial score (nSPS) is 11.2. The Bertz CT molecular complexity index is 515. The van der Waals surface area contributed by atoms with Gasteiger partial charge in [0, 0.05) is 15.9 Å². The first-order chi connectivity index (χ1) is 9.15. The fraction of sp³-hybridized carbons (Fsp3) is 0.385. The third-order valence-corrected chi connectivity index (χ3v) is 4.76. The lowest BCUT2D eigenvalue weighted by Crippen LogP contribution is -2.19. The number of nitrogens with one attached hydrogen (secondary N) is 1. The van der Waals surface area contributed by atoms with Crippen molar-refractivity contribution in [3.8, 4) is 0 Å². The van der Waals surface area contributed by atoms with Crippen LogP contribution in [0.5, 0.6) is 0 Å². The second kappa shape index (κ2) is 7.38. The molecule has 0 aliphatic rings. The van der Waals surface area contributed by atoms with Crippen LogP contribution >= 0.6 is 39.2 Å². The molecule has 2 rings (SSSR count). The molecule has 1 N–H and O–H groups in total. The van der Waals surface area contributed by atoms with Crippen molar-refractivity contribution in [3.63, 3.8) is 0 Å². The smallest absolute Gasteiger partial charge is 0.174 e. The summed E-state index contributed by atoms with van der Waals surface area (Å²) < 4.78 is 6.12. The molecule has 3 nitrogen and oxygen atoms in total. The van der Waals surface area contributed by atoms with Gasteiger partial charge in [0.15, 0.2) is 4.34 Å². The quantitative estimate of drug-likeness (QED) is 0.840. The van der Waals surface area contributed by atoms with E-state index in [9.17, 15) is 0 Å². The summed E-state index contributed by atoms with van der Waals surface area (Å²) in [6.07, 6.45) is 1.60. The van der Waals surface area contributed by atoms with Crippen LogP contribution in [0.25, 0.3) is 0 Å². The van der Waals surface area contributed by atoms with E-state index in [2.05, 4.69) is 62.7 Å². The zero-order valence-corrected chi connectivity index (χ0v) is 14.1. The molecule has 0 bridgehead atoms. The minimum atomic E-state index is 0.659. The lowest BCUT2D eigenvalue weighted by atomic mass is 10.2. The molecule has 0 unspecified atom stereocenters. The first-order valence-corrected chi connectivity index (χ1v) is 8.47. The van der Waals surface area contributed by atoms with E-state index < -0.39 is 0 Å². The topological polar surface area (TPSA) is 37.8 Å². The average Bonchev–Trinajstić information content (AvgIpc) is 2.85. The van der Waals surface area contributed by atoms with E-state index in [1.807, 2.05) is 0 Å². The summed E-state index contributed by atoms with van der Waals surface area (Å²) in [7, 11) is 0. The molecule has 0 amide bonds. The minimum Gasteiger partial charge on any atom is -0.312 e. The summed E-state index contributed by atoms with van der Waals surface area (Å²) >= 11 is 6.63. The predicted octanol–water partition coefficient (Wildman–Crippen LogP) is 4.20. The summed E-state index contributed by atoms with van der Waals surface area (Å²) in [4.78, 5) is 5.45. The van der Waals surface area contributed by atoms with Gasteiger partial charge in [0.05, 0.1) is 0 Å². The number of halogens is 1. The van der Waals surface area contributed by atoms with Gasteiger partial charge in [0.1, 0.15) is 6.33 Å². The molecule has 6 heteroatoms. The minimum absolute atomic E-state index is 0.659. The Morgan fingerprint density at radius 1 is 1.42 bits per heavy atom. The van der Waals surface area contributed by atoms with E-state index in [0.717, 1.165) is 21.9 Å². The average molecular weight is 358 g/mol. The molecular weight excluding hydrogens is 342 g/mol. The van der Waals surface area contributed by atoms with Crippen LogP contribution in [-0.2, 0) is 6.54 Å². The highest BCUT2D eigenvalue weighted by Crippen LogP contribution is 2.32. The van der Waals surface area contributed by atoms with Crippen LogP contribution in [0.2, 0.25) is 0 Å². The van der Waals surface area contributed by atoms with Crippen LogP contribution in [0.3, 0.4) is 0 Å². The SMILES string of the molecule is CC(C)CNCc1cc(Br)ccc1Sc1ncns1. The van der Waals surface area contributed by atoms with E-state index in [4.69, 9.17) is 0 Å². The van der Waals surface area contributed by atoms with E-state index >= 15 is 0 Å². The van der Waals surface area contributed by atoms with E-state index in [0.29, 0.717) is 5.92 Å². The van der Waals surface area contributed by atoms with Crippen LogP contribution < -0.4 is 5.32 Å². The zero-order chi connectivity index (χ0) is 13.7. The maximum Gasteiger partial charge on any atom is 0.174 e. The van der Waals surface area contributed by atoms with E-state index in [1.165, 1.54) is 22.0 Å². The van der Waals surface area contributed by atoms with Crippen LogP contribution in [0.1, 0.15) is 19.4 Å². The lowest BCUT2D eigenvalue weighted by Gasteiger charge is -2.11. The lowest BCUT2D eigenvalue weighted by molar-refractivity contribution is 0.550. The zero-order valence-electron chi connectivity index (χ0n) is 10.9. The molecule has 0 aliphatic carbocycles. The third-order valence-electron chi connectivity index (χ3n) is 2.43. The molecule has 19 heavy (non-hydrogen) atoms. The van der Waals surface area contributed by atoms with E-state index in [-0.39, 0.29) is 0 Å². The molecule has 0 radical (unpaired) electrons. The van der Waals surface area contributed by atoms with Gasteiger partial charge in [-0.2, -0.15) is 4.37 Å². The Hall–Kier alpha value is -0.430. The van der Waals surface area contributed by atoms with Crippen molar-refractivity contribution < 1.29 is 0 Å². The van der Waals surface area contributed by atoms with Gasteiger partial charge in [0.2, 0.25) is 0 Å². The fourth-order valence-corrected chi connectivity index (χ4v) is 3.50. The van der Waals surface area contributed by atoms with Crippen molar-refractivity contribution in [2.75, 3.05) is 6.54 Å². The molecule has 0 saturated heterocycles. The third kappa shape index (κ3) is 4.87. The van der Waals surface area contributed by atoms with Crippen molar-refractivity contribution in [1.82, 2.24) is 14.7 Å². The number of hydrogen-bond donors (Lipinski definition) is 1. The Morgan fingerprint density at radius 2 is 2.26 bits per heavy atom. The number of nitrogens with zero attached hydrogens (tertiary/aromatic N) is 2. The highest BCUT2D eigenvalue weighted by atomic mass is 79.9. The van der Waals surface area contributed by atoms with E-state index in [1.54, 1.807) is 18.1 Å². The summed E-state index contributed by atoms with van der Waals surface area (Å²) in [6.45, 7) is 6.32. The Kier molecular flexibility index (Phi) is 5.81. The van der Waals surface area contributed by atoms with Crippen LogP contribution in [0.15, 0.2) is 38.2 Å². The number of rotatable bonds is 6. The van der Waals surface area contributed by atoms with Crippen molar-refractivity contribution >= 4 is 39.2 Å². The number of aromatic nitrogens is 2. The summed E-state index contributed by atoms with van der Waals surface area (Å²) in [5.41, 5.74) is 1.29. The van der Waals surface area contributed by atoms with Crippen molar-refractivity contribution in [2.45, 2.75) is 29.6 Å². The molecular formula is C13H16BrN3S2. The van der Waals surface area contributed by atoms with Gasteiger partial charge in [-0.25, -0.2) is 4.98 Å². The maximum absolute atomic E-state index is 4.22. The molecule has 1 aromatic heterocycles. The molecule has 0 saturated carbocycles. The van der Waals surface area contributed by atoms with Gasteiger partial charge in [0.25, 0.3) is 0 Å². The Labute approximate surface area is 130 Å². The second-order valence-electron chi connectivity index (χ2n) is 4.59. The highest BCUT2D eigenvalue weighted by molar-refractivity contribution is 9.10. The second-order valence-corrected chi connectivity index (χ2v) is 7.57. The van der Waals surface area contributed by atoms with Gasteiger partial charge in [-0.05, 0) is 47.8 Å². The summed E-state index contributed by atoms with van der Waals surface area (Å²) in [5.74, 6) is 0.659. The van der Waals surface area contributed by atoms with Gasteiger partial charge in [-0.15, -0.1) is 0 Å². The van der Waals surface area contributed by atoms with Crippen LogP contribution in [0, 0.1) is 5.92 Å². The molecule has 1 heterocycles. The van der Waals surface area contributed by atoms with Crippen LogP contribution in [0.4, 0.5) is 0 Å². The fourth-order valence-electron chi connectivity index (χ4n) is 1.58. The van der Waals surface area contributed by atoms with Gasteiger partial charge >= 0.3 is 0 Å². The molecule has 0 aliphatic heterocycles. The number of benzene rings is 1. The molecule has 0 fully saturated rings. The first kappa shape index (κ1) is 15.0. The maximum atomic E-state index is 4.22. The monoisotopic (exact) mass is 357 g/mol. The molecule has 1 aromatic carbocycles. The first-order valence-electron chi connectivity index (χ1n) is 6.09. The molecule has 2 aromatic rings. The van der Waals surface area contributed by atoms with Crippen molar-refractivity contribution in [1.29, 1.82) is 0 Å². The summed E-state index contributed by atoms with van der Waals surface area (Å²) in [5, 5.41) is 3.48. The van der Waals surface area contributed by atoms with Gasteiger partial charge < -0.3 is 5.32 Å². The van der Waals surface area contributed by atoms with Crippen molar-refractivity contribution in [3.05, 3.63) is 34.6 Å². The van der Waals surface area contributed by atoms with Crippen LogP contribution in [-0.4, -0.2) is 15.9 Å². The standard InChI is InChI=1S/C13H16BrN3S2/c1-9(2)6-15-7-10-5-11(14)3-4-12(10)18-13-16-8-17-19-13/h3-5,8-9,15H,6-7H2,1-2H3. The number of hydrogen-bond acceptors (Lipinski definition) is 5. The Morgan fingerprint density at radius 3 is 2.95 bits per heavy atom. The Balaban J connectivity index is 2.08.